The summed E-state index contributed by atoms with van der Waals surface area (Å²) in [5.41, 5.74) is 1.30. The number of likely N-dealkylation sites (N-methyl/N-ethyl adjacent to an activating group) is 2. The Balaban J connectivity index is 2.50. The van der Waals surface area contributed by atoms with Gasteiger partial charge in [-0.15, -0.1) is 0 Å². The highest BCUT2D eigenvalue weighted by Gasteiger charge is 2.21. The monoisotopic (exact) mass is 225 g/mol. The second-order valence-electron chi connectivity index (χ2n) is 4.93. The second-order valence-corrected chi connectivity index (χ2v) is 4.93. The third kappa shape index (κ3) is 4.24. The van der Waals surface area contributed by atoms with E-state index in [1.807, 2.05) is 7.05 Å². The summed E-state index contributed by atoms with van der Waals surface area (Å²) in [5, 5.41) is 3.18. The third-order valence-electron chi connectivity index (χ3n) is 3.35. The van der Waals surface area contributed by atoms with Crippen LogP contribution in [0.4, 0.5) is 0 Å². The maximum atomic E-state index is 4.14. The van der Waals surface area contributed by atoms with E-state index in [-0.39, 0.29) is 0 Å². The van der Waals surface area contributed by atoms with Crippen molar-refractivity contribution in [2.45, 2.75) is 25.8 Å². The Labute approximate surface area is 100 Å². The van der Waals surface area contributed by atoms with E-state index >= 15 is 0 Å². The Bertz CT molecular complexity index is 215. The zero-order valence-electron chi connectivity index (χ0n) is 11.1. The van der Waals surface area contributed by atoms with Crippen molar-refractivity contribution in [3.05, 3.63) is 12.2 Å². The lowest BCUT2D eigenvalue weighted by molar-refractivity contribution is 0.196. The fourth-order valence-corrected chi connectivity index (χ4v) is 2.48. The zero-order chi connectivity index (χ0) is 12.0. The van der Waals surface area contributed by atoms with E-state index in [2.05, 4.69) is 35.7 Å². The smallest absolute Gasteiger partial charge is 0.0223 e. The van der Waals surface area contributed by atoms with Crippen molar-refractivity contribution in [3.63, 3.8) is 0 Å². The second kappa shape index (κ2) is 7.05. The molecular weight excluding hydrogens is 198 g/mol. The Kier molecular flexibility index (Phi) is 6.03. The predicted octanol–water partition coefficient (Wildman–Crippen LogP) is 1.18. The van der Waals surface area contributed by atoms with Gasteiger partial charge in [-0.05, 0) is 39.1 Å². The number of rotatable bonds is 5. The van der Waals surface area contributed by atoms with Crippen LogP contribution in [0.5, 0.6) is 0 Å². The molecule has 94 valence electrons. The minimum atomic E-state index is 0.695. The van der Waals surface area contributed by atoms with Crippen molar-refractivity contribution in [1.29, 1.82) is 0 Å². The van der Waals surface area contributed by atoms with E-state index in [9.17, 15) is 0 Å². The van der Waals surface area contributed by atoms with Crippen LogP contribution in [0, 0.1) is 0 Å². The van der Waals surface area contributed by atoms with Gasteiger partial charge in [0.1, 0.15) is 0 Å². The molecule has 0 aromatic heterocycles. The quantitative estimate of drug-likeness (QED) is 0.709. The van der Waals surface area contributed by atoms with Crippen LogP contribution >= 0.6 is 0 Å². The van der Waals surface area contributed by atoms with Gasteiger partial charge in [-0.3, -0.25) is 4.90 Å². The van der Waals surface area contributed by atoms with Gasteiger partial charge in [-0.1, -0.05) is 13.5 Å². The van der Waals surface area contributed by atoms with Crippen molar-refractivity contribution in [3.8, 4) is 0 Å². The molecule has 1 unspecified atom stereocenters. The molecule has 1 atom stereocenters. The molecule has 3 heteroatoms. The molecule has 1 N–H and O–H groups in total. The minimum Gasteiger partial charge on any atom is -0.316 e. The number of nitrogens with one attached hydrogen (secondary N) is 1. The zero-order valence-corrected chi connectivity index (χ0v) is 11.1. The molecule has 1 fully saturated rings. The molecule has 1 saturated heterocycles. The molecule has 1 aliphatic heterocycles. The molecule has 0 radical (unpaired) electrons. The summed E-state index contributed by atoms with van der Waals surface area (Å²) in [7, 11) is 4.22. The molecular formula is C13H27N3. The van der Waals surface area contributed by atoms with Crippen molar-refractivity contribution in [2.75, 3.05) is 46.8 Å². The average Bonchev–Trinajstić information content (AvgIpc) is 2.41. The maximum absolute atomic E-state index is 4.14. The van der Waals surface area contributed by atoms with Crippen LogP contribution in [-0.2, 0) is 0 Å². The van der Waals surface area contributed by atoms with Crippen LogP contribution in [0.1, 0.15) is 19.8 Å². The maximum Gasteiger partial charge on any atom is 0.0223 e. The predicted molar refractivity (Wildman–Crippen MR) is 70.8 cm³/mol. The third-order valence-corrected chi connectivity index (χ3v) is 3.35. The summed E-state index contributed by atoms with van der Waals surface area (Å²) in [5.74, 6) is 0. The van der Waals surface area contributed by atoms with E-state index in [1.165, 1.54) is 38.0 Å². The Morgan fingerprint density at radius 3 is 2.81 bits per heavy atom. The molecule has 1 aliphatic rings. The summed E-state index contributed by atoms with van der Waals surface area (Å²) >= 11 is 0. The molecule has 16 heavy (non-hydrogen) atoms. The standard InChI is InChI=1S/C13H27N3/c1-5-13-11-15(4)7-6-8-16(13)10-12(2)9-14-3/h13-14H,2,5-11H2,1,3-4H3. The summed E-state index contributed by atoms with van der Waals surface area (Å²) < 4.78 is 0. The average molecular weight is 225 g/mol. The topological polar surface area (TPSA) is 18.5 Å². The van der Waals surface area contributed by atoms with Crippen LogP contribution in [0.25, 0.3) is 0 Å². The number of hydrogen-bond acceptors (Lipinski definition) is 3. The molecule has 0 amide bonds. The minimum absolute atomic E-state index is 0.695. The van der Waals surface area contributed by atoms with Crippen molar-refractivity contribution >= 4 is 0 Å². The van der Waals surface area contributed by atoms with Crippen molar-refractivity contribution in [2.24, 2.45) is 0 Å². The van der Waals surface area contributed by atoms with Crippen LogP contribution in [0.15, 0.2) is 12.2 Å². The highest BCUT2D eigenvalue weighted by molar-refractivity contribution is 5.00. The highest BCUT2D eigenvalue weighted by atomic mass is 15.2. The number of nitrogens with zero attached hydrogens (tertiary/aromatic N) is 2. The first-order valence-electron chi connectivity index (χ1n) is 6.41. The lowest BCUT2D eigenvalue weighted by atomic mass is 10.1. The van der Waals surface area contributed by atoms with Gasteiger partial charge in [0.25, 0.3) is 0 Å². The van der Waals surface area contributed by atoms with Crippen LogP contribution in [0.3, 0.4) is 0 Å². The lowest BCUT2D eigenvalue weighted by Crippen LogP contribution is -2.41. The van der Waals surface area contributed by atoms with Gasteiger partial charge >= 0.3 is 0 Å². The first-order chi connectivity index (χ1) is 7.67. The fraction of sp³-hybridized carbons (Fsp3) is 0.846. The van der Waals surface area contributed by atoms with Crippen LogP contribution in [-0.4, -0.2) is 62.7 Å². The summed E-state index contributed by atoms with van der Waals surface area (Å²) in [6, 6.07) is 0.695. The van der Waals surface area contributed by atoms with Gasteiger partial charge in [0.2, 0.25) is 0 Å². The normalized spacial score (nSPS) is 24.3. The first-order valence-corrected chi connectivity index (χ1v) is 6.41. The lowest BCUT2D eigenvalue weighted by Gasteiger charge is -2.30. The van der Waals surface area contributed by atoms with E-state index < -0.39 is 0 Å². The van der Waals surface area contributed by atoms with E-state index in [0.717, 1.165) is 13.1 Å². The highest BCUT2D eigenvalue weighted by Crippen LogP contribution is 2.13. The van der Waals surface area contributed by atoms with Crippen molar-refractivity contribution in [1.82, 2.24) is 15.1 Å². The van der Waals surface area contributed by atoms with Gasteiger partial charge in [-0.2, -0.15) is 0 Å². The van der Waals surface area contributed by atoms with Gasteiger partial charge in [0, 0.05) is 32.2 Å². The van der Waals surface area contributed by atoms with E-state index in [1.54, 1.807) is 0 Å². The van der Waals surface area contributed by atoms with Gasteiger partial charge in [0.15, 0.2) is 0 Å². The molecule has 0 saturated carbocycles. The Morgan fingerprint density at radius 1 is 1.44 bits per heavy atom. The first kappa shape index (κ1) is 13.7. The molecule has 3 nitrogen and oxygen atoms in total. The number of hydrogen-bond donors (Lipinski definition) is 1. The van der Waals surface area contributed by atoms with Crippen molar-refractivity contribution < 1.29 is 0 Å². The Morgan fingerprint density at radius 2 is 2.19 bits per heavy atom. The van der Waals surface area contributed by atoms with Crippen LogP contribution < -0.4 is 5.32 Å². The molecule has 0 aromatic carbocycles. The summed E-state index contributed by atoms with van der Waals surface area (Å²) in [6.07, 6.45) is 2.51. The van der Waals surface area contributed by atoms with Gasteiger partial charge in [0.05, 0.1) is 0 Å². The summed E-state index contributed by atoms with van der Waals surface area (Å²) in [4.78, 5) is 5.05. The summed E-state index contributed by atoms with van der Waals surface area (Å²) in [6.45, 7) is 12.0. The largest absolute Gasteiger partial charge is 0.316 e. The Hall–Kier alpha value is -0.380. The molecule has 1 rings (SSSR count). The fourth-order valence-electron chi connectivity index (χ4n) is 2.48. The molecule has 0 aromatic rings. The van der Waals surface area contributed by atoms with Gasteiger partial charge in [-0.25, -0.2) is 0 Å². The van der Waals surface area contributed by atoms with E-state index in [4.69, 9.17) is 0 Å². The molecule has 0 aliphatic carbocycles. The molecule has 0 bridgehead atoms. The SMILES string of the molecule is C=C(CNC)CN1CCCN(C)CC1CC. The molecule has 0 spiro atoms. The van der Waals surface area contributed by atoms with Crippen LogP contribution in [0.2, 0.25) is 0 Å². The van der Waals surface area contributed by atoms with E-state index in [0.29, 0.717) is 6.04 Å². The van der Waals surface area contributed by atoms with Gasteiger partial charge < -0.3 is 10.2 Å². The molecule has 1 heterocycles.